The summed E-state index contributed by atoms with van der Waals surface area (Å²) >= 11 is 0. The van der Waals surface area contributed by atoms with E-state index in [1.165, 1.54) is 6.08 Å². The lowest BCUT2D eigenvalue weighted by Gasteiger charge is -2.16. The number of hydrogen-bond donors (Lipinski definition) is 2. The predicted molar refractivity (Wildman–Crippen MR) is 81.7 cm³/mol. The van der Waals surface area contributed by atoms with E-state index in [0.717, 1.165) is 23.4 Å². The van der Waals surface area contributed by atoms with Crippen LogP contribution in [0, 0.1) is 10.1 Å². The van der Waals surface area contributed by atoms with Gasteiger partial charge in [-0.1, -0.05) is 19.4 Å². The van der Waals surface area contributed by atoms with Gasteiger partial charge in [-0.2, -0.15) is 0 Å². The highest BCUT2D eigenvalue weighted by molar-refractivity contribution is 5.80. The van der Waals surface area contributed by atoms with Gasteiger partial charge in [0.1, 0.15) is 0 Å². The first-order chi connectivity index (χ1) is 9.63. The van der Waals surface area contributed by atoms with Gasteiger partial charge in [-0.15, -0.1) is 0 Å². The number of allylic oxidation sites excluding steroid dienone is 1. The van der Waals surface area contributed by atoms with Crippen LogP contribution in [0.5, 0.6) is 0 Å². The van der Waals surface area contributed by atoms with Crippen LogP contribution in [0.4, 0.5) is 11.4 Å². The van der Waals surface area contributed by atoms with Crippen molar-refractivity contribution >= 4 is 17.3 Å². The summed E-state index contributed by atoms with van der Waals surface area (Å²) in [6.45, 7) is 8.57. The minimum absolute atomic E-state index is 0.0739. The van der Waals surface area contributed by atoms with Gasteiger partial charge in [-0.05, 0) is 25.5 Å². The average Bonchev–Trinajstić information content (AvgIpc) is 2.64. The maximum Gasteiger partial charge on any atom is 0.328 e. The van der Waals surface area contributed by atoms with E-state index in [2.05, 4.69) is 19.2 Å². The Balaban J connectivity index is 0.000000270. The first kappa shape index (κ1) is 16.7. The summed E-state index contributed by atoms with van der Waals surface area (Å²) in [4.78, 5) is 19.9. The fourth-order valence-electron chi connectivity index (χ4n) is 2.04. The summed E-state index contributed by atoms with van der Waals surface area (Å²) < 4.78 is 0. The van der Waals surface area contributed by atoms with E-state index in [0.29, 0.717) is 0 Å². The molecule has 0 aliphatic carbocycles. The zero-order valence-corrected chi connectivity index (χ0v) is 12.6. The molecule has 0 amide bonds. The Hall–Kier alpha value is -2.37. The lowest BCUT2D eigenvalue weighted by atomic mass is 9.87. The third-order valence-corrected chi connectivity index (χ3v) is 3.08. The maximum absolute atomic E-state index is 10.5. The van der Waals surface area contributed by atoms with Crippen molar-refractivity contribution < 1.29 is 14.8 Å². The number of carboxylic acids is 1. The first-order valence-corrected chi connectivity index (χ1v) is 6.54. The van der Waals surface area contributed by atoms with Crippen molar-refractivity contribution in [3.63, 3.8) is 0 Å². The highest BCUT2D eigenvalue weighted by Crippen LogP contribution is 2.37. The Morgan fingerprint density at radius 2 is 2.05 bits per heavy atom. The van der Waals surface area contributed by atoms with Crippen molar-refractivity contribution in [1.82, 2.24) is 0 Å². The van der Waals surface area contributed by atoms with Gasteiger partial charge in [0.05, 0.1) is 4.92 Å². The standard InChI is InChI=1S/C10H12N2O2.C5H8O2/c1-10(2)6-11-9-5-7(12(13)14)3-4-8(9)10;1-4(2)3-5(6)7/h3-5,11H,6H2,1-2H3;3H,1-2H3,(H,6,7). The molecule has 0 atom stereocenters. The molecule has 0 spiro atoms. The van der Waals surface area contributed by atoms with E-state index in [1.807, 2.05) is 6.07 Å². The number of hydrogen-bond acceptors (Lipinski definition) is 4. The van der Waals surface area contributed by atoms with Crippen molar-refractivity contribution in [1.29, 1.82) is 0 Å². The fraction of sp³-hybridized carbons (Fsp3) is 0.400. The Bertz CT molecular complexity index is 587. The second kappa shape index (κ2) is 6.39. The highest BCUT2D eigenvalue weighted by atomic mass is 16.6. The Labute approximate surface area is 123 Å². The summed E-state index contributed by atoms with van der Waals surface area (Å²) in [7, 11) is 0. The minimum Gasteiger partial charge on any atom is -0.478 e. The third kappa shape index (κ3) is 4.59. The van der Waals surface area contributed by atoms with Gasteiger partial charge in [0.15, 0.2) is 0 Å². The van der Waals surface area contributed by atoms with Gasteiger partial charge >= 0.3 is 5.97 Å². The van der Waals surface area contributed by atoms with Crippen LogP contribution in [0.3, 0.4) is 0 Å². The molecule has 0 radical (unpaired) electrons. The number of aliphatic carboxylic acids is 1. The highest BCUT2D eigenvalue weighted by Gasteiger charge is 2.30. The van der Waals surface area contributed by atoms with Crippen LogP contribution in [-0.4, -0.2) is 22.5 Å². The summed E-state index contributed by atoms with van der Waals surface area (Å²) in [5.41, 5.74) is 3.08. The number of carbonyl (C=O) groups is 1. The molecule has 1 aliphatic rings. The minimum atomic E-state index is -0.875. The molecule has 1 aromatic rings. The molecular formula is C15H20N2O4. The molecule has 0 saturated carbocycles. The van der Waals surface area contributed by atoms with Crippen LogP contribution in [0.15, 0.2) is 29.8 Å². The third-order valence-electron chi connectivity index (χ3n) is 3.08. The molecule has 21 heavy (non-hydrogen) atoms. The molecule has 1 aliphatic heterocycles. The molecule has 6 nitrogen and oxygen atoms in total. The Morgan fingerprint density at radius 3 is 2.48 bits per heavy atom. The monoisotopic (exact) mass is 292 g/mol. The average molecular weight is 292 g/mol. The van der Waals surface area contributed by atoms with E-state index >= 15 is 0 Å². The number of nitro groups is 1. The topological polar surface area (TPSA) is 92.5 Å². The van der Waals surface area contributed by atoms with E-state index in [1.54, 1.807) is 26.0 Å². The lowest BCUT2D eigenvalue weighted by Crippen LogP contribution is -2.18. The molecule has 0 fully saturated rings. The molecule has 0 saturated heterocycles. The first-order valence-electron chi connectivity index (χ1n) is 6.54. The van der Waals surface area contributed by atoms with Crippen LogP contribution >= 0.6 is 0 Å². The number of fused-ring (bicyclic) bond motifs is 1. The summed E-state index contributed by atoms with van der Waals surface area (Å²) in [6, 6.07) is 5.01. The van der Waals surface area contributed by atoms with E-state index in [4.69, 9.17) is 5.11 Å². The number of rotatable bonds is 2. The number of nitrogens with one attached hydrogen (secondary N) is 1. The van der Waals surface area contributed by atoms with Crippen LogP contribution in [0.25, 0.3) is 0 Å². The Morgan fingerprint density at radius 1 is 1.43 bits per heavy atom. The maximum atomic E-state index is 10.5. The van der Waals surface area contributed by atoms with Crippen LogP contribution in [0.2, 0.25) is 0 Å². The summed E-state index contributed by atoms with van der Waals surface area (Å²) in [6.07, 6.45) is 1.17. The van der Waals surface area contributed by atoms with Crippen molar-refractivity contribution in [2.24, 2.45) is 0 Å². The molecule has 114 valence electrons. The number of nitrogens with zero attached hydrogens (tertiary/aromatic N) is 1. The Kier molecular flexibility index (Phi) is 5.07. The zero-order valence-electron chi connectivity index (χ0n) is 12.6. The van der Waals surface area contributed by atoms with Crippen LogP contribution in [0.1, 0.15) is 33.3 Å². The normalized spacial score (nSPS) is 14.1. The van der Waals surface area contributed by atoms with Crippen molar-refractivity contribution in [2.45, 2.75) is 33.1 Å². The number of nitro benzene ring substituents is 1. The fourth-order valence-corrected chi connectivity index (χ4v) is 2.04. The molecule has 2 N–H and O–H groups in total. The second-order valence-electron chi connectivity index (χ2n) is 5.78. The van der Waals surface area contributed by atoms with Crippen LogP contribution < -0.4 is 5.32 Å². The molecule has 0 bridgehead atoms. The zero-order chi connectivity index (χ0) is 16.2. The molecule has 1 heterocycles. The summed E-state index contributed by atoms with van der Waals surface area (Å²) in [5.74, 6) is -0.875. The summed E-state index contributed by atoms with van der Waals surface area (Å²) in [5, 5.41) is 21.7. The van der Waals surface area contributed by atoms with Gasteiger partial charge in [0.2, 0.25) is 0 Å². The molecule has 6 heteroatoms. The quantitative estimate of drug-likeness (QED) is 0.495. The van der Waals surface area contributed by atoms with E-state index in [9.17, 15) is 14.9 Å². The molecule has 0 unspecified atom stereocenters. The number of benzene rings is 1. The van der Waals surface area contributed by atoms with Gasteiger partial charge in [-0.25, -0.2) is 4.79 Å². The van der Waals surface area contributed by atoms with Gasteiger partial charge in [-0.3, -0.25) is 10.1 Å². The number of non-ortho nitro benzene ring substituents is 1. The van der Waals surface area contributed by atoms with Gasteiger partial charge < -0.3 is 10.4 Å². The second-order valence-corrected chi connectivity index (χ2v) is 5.78. The molecular weight excluding hydrogens is 272 g/mol. The van der Waals surface area contributed by atoms with Crippen molar-refractivity contribution in [3.05, 3.63) is 45.5 Å². The lowest BCUT2D eigenvalue weighted by molar-refractivity contribution is -0.384. The largest absolute Gasteiger partial charge is 0.478 e. The molecule has 1 aromatic carbocycles. The number of anilines is 1. The van der Waals surface area contributed by atoms with Crippen molar-refractivity contribution in [2.75, 3.05) is 11.9 Å². The van der Waals surface area contributed by atoms with Gasteiger partial charge in [0.25, 0.3) is 5.69 Å². The predicted octanol–water partition coefficient (Wildman–Crippen LogP) is 3.34. The van der Waals surface area contributed by atoms with E-state index in [-0.39, 0.29) is 16.0 Å². The van der Waals surface area contributed by atoms with E-state index < -0.39 is 5.97 Å². The molecule has 2 rings (SSSR count). The van der Waals surface area contributed by atoms with Crippen LogP contribution in [-0.2, 0) is 10.2 Å². The SMILES string of the molecule is CC(C)=CC(=O)O.CC1(C)CNc2cc([N+](=O)[O-])ccc21. The van der Waals surface area contributed by atoms with Gasteiger partial charge in [0, 0.05) is 35.9 Å². The van der Waals surface area contributed by atoms with Crippen molar-refractivity contribution in [3.8, 4) is 0 Å². The smallest absolute Gasteiger partial charge is 0.328 e. The molecule has 0 aromatic heterocycles. The number of carboxylic acid groups (broad SMARTS) is 1.